The van der Waals surface area contributed by atoms with Crippen molar-refractivity contribution in [2.45, 2.75) is 32.0 Å². The third-order valence-corrected chi connectivity index (χ3v) is 3.13. The van der Waals surface area contributed by atoms with E-state index < -0.39 is 12.3 Å². The number of carbonyl (C=O) groups is 1. The molecule has 5 heteroatoms. The Morgan fingerprint density at radius 2 is 2.28 bits per heavy atom. The van der Waals surface area contributed by atoms with Crippen LogP contribution in [0, 0.1) is 0 Å². The number of alkyl halides is 1. The van der Waals surface area contributed by atoms with Crippen molar-refractivity contribution in [3.8, 4) is 0 Å². The zero-order valence-corrected chi connectivity index (χ0v) is 10.5. The summed E-state index contributed by atoms with van der Waals surface area (Å²) in [6.07, 6.45) is -0.831. The van der Waals surface area contributed by atoms with Gasteiger partial charge < -0.3 is 10.0 Å². The molecular weight excluding hydrogens is 235 g/mol. The van der Waals surface area contributed by atoms with Gasteiger partial charge in [-0.25, -0.2) is 4.39 Å². The number of likely N-dealkylation sites (tertiary alicyclic amines) is 1. The number of halogens is 1. The van der Waals surface area contributed by atoms with E-state index in [1.165, 1.54) is 4.90 Å². The number of amides is 1. The summed E-state index contributed by atoms with van der Waals surface area (Å²) in [4.78, 5) is 17.7. The Kier molecular flexibility index (Phi) is 3.61. The topological polar surface area (TPSA) is 53.4 Å². The highest BCUT2D eigenvalue weighted by atomic mass is 19.1. The smallest absolute Gasteiger partial charge is 0.254 e. The number of carbonyl (C=O) groups excluding carboxylic acids is 1. The highest BCUT2D eigenvalue weighted by molar-refractivity contribution is 5.94. The van der Waals surface area contributed by atoms with Gasteiger partial charge in [-0.2, -0.15) is 0 Å². The van der Waals surface area contributed by atoms with E-state index >= 15 is 0 Å². The van der Waals surface area contributed by atoms with Crippen molar-refractivity contribution in [1.29, 1.82) is 0 Å². The number of rotatable bonds is 2. The first-order chi connectivity index (χ1) is 8.49. The molecule has 0 saturated carbocycles. The molecule has 1 aromatic heterocycles. The lowest BCUT2D eigenvalue weighted by Gasteiger charge is -2.15. The van der Waals surface area contributed by atoms with Crippen molar-refractivity contribution in [2.24, 2.45) is 0 Å². The van der Waals surface area contributed by atoms with E-state index in [0.717, 1.165) is 5.69 Å². The summed E-state index contributed by atoms with van der Waals surface area (Å²) in [6, 6.07) is 3.34. The quantitative estimate of drug-likeness (QED) is 0.864. The summed E-state index contributed by atoms with van der Waals surface area (Å²) >= 11 is 0. The van der Waals surface area contributed by atoms with Gasteiger partial charge in [-0.3, -0.25) is 9.78 Å². The molecule has 2 rings (SSSR count). The van der Waals surface area contributed by atoms with Gasteiger partial charge in [0.15, 0.2) is 0 Å². The van der Waals surface area contributed by atoms with Crippen molar-refractivity contribution in [3.63, 3.8) is 0 Å². The van der Waals surface area contributed by atoms with E-state index in [1.807, 2.05) is 13.8 Å². The van der Waals surface area contributed by atoms with Gasteiger partial charge in [-0.05, 0) is 18.1 Å². The average Bonchev–Trinajstić information content (AvgIpc) is 2.69. The third kappa shape index (κ3) is 2.51. The lowest BCUT2D eigenvalue weighted by Crippen LogP contribution is -2.29. The molecule has 1 aliphatic heterocycles. The Labute approximate surface area is 105 Å². The molecule has 0 aromatic carbocycles. The largest absolute Gasteiger partial charge is 0.388 e. The maximum Gasteiger partial charge on any atom is 0.254 e. The molecule has 0 bridgehead atoms. The van der Waals surface area contributed by atoms with E-state index in [1.54, 1.807) is 18.3 Å². The minimum Gasteiger partial charge on any atom is -0.388 e. The van der Waals surface area contributed by atoms with Crippen LogP contribution in [-0.2, 0) is 0 Å². The minimum absolute atomic E-state index is 0.0423. The van der Waals surface area contributed by atoms with Crippen LogP contribution in [0.4, 0.5) is 4.39 Å². The van der Waals surface area contributed by atoms with Crippen molar-refractivity contribution < 1.29 is 14.3 Å². The lowest BCUT2D eigenvalue weighted by atomic mass is 10.1. The Balaban J connectivity index is 2.17. The van der Waals surface area contributed by atoms with Gasteiger partial charge in [-0.15, -0.1) is 0 Å². The molecular formula is C13H17FN2O2. The number of aliphatic hydroxyl groups excluding tert-OH is 1. The number of aliphatic hydroxyl groups is 1. The van der Waals surface area contributed by atoms with Crippen LogP contribution in [0.25, 0.3) is 0 Å². The van der Waals surface area contributed by atoms with Crippen molar-refractivity contribution in [1.82, 2.24) is 9.88 Å². The molecule has 4 nitrogen and oxygen atoms in total. The minimum atomic E-state index is -1.35. The summed E-state index contributed by atoms with van der Waals surface area (Å²) in [5.74, 6) is -0.0191. The molecule has 98 valence electrons. The van der Waals surface area contributed by atoms with E-state index in [4.69, 9.17) is 0 Å². The molecule has 1 fully saturated rings. The molecule has 0 spiro atoms. The molecule has 2 unspecified atom stereocenters. The molecule has 1 saturated heterocycles. The number of pyridine rings is 1. The number of hydrogen-bond acceptors (Lipinski definition) is 3. The molecule has 0 aliphatic carbocycles. The van der Waals surface area contributed by atoms with Crippen LogP contribution in [0.1, 0.15) is 35.8 Å². The summed E-state index contributed by atoms with van der Waals surface area (Å²) < 4.78 is 13.2. The molecule has 2 heterocycles. The third-order valence-electron chi connectivity index (χ3n) is 3.13. The highest BCUT2D eigenvalue weighted by Crippen LogP contribution is 2.18. The maximum absolute atomic E-state index is 13.2. The van der Waals surface area contributed by atoms with Gasteiger partial charge in [0.25, 0.3) is 5.91 Å². The van der Waals surface area contributed by atoms with Crippen LogP contribution >= 0.6 is 0 Å². The standard InChI is InChI=1S/C13H17FN2O2/c1-8(2)11-5-9(3-4-15-11)13(18)16-6-10(14)12(17)7-16/h3-5,8,10,12,17H,6-7H2,1-2H3. The van der Waals surface area contributed by atoms with Gasteiger partial charge in [0.1, 0.15) is 12.3 Å². The normalized spacial score (nSPS) is 23.7. The van der Waals surface area contributed by atoms with Gasteiger partial charge >= 0.3 is 0 Å². The van der Waals surface area contributed by atoms with Crippen LogP contribution in [0.2, 0.25) is 0 Å². The second-order valence-electron chi connectivity index (χ2n) is 4.92. The summed E-state index contributed by atoms with van der Waals surface area (Å²) in [6.45, 7) is 4.00. The van der Waals surface area contributed by atoms with Crippen LogP contribution < -0.4 is 0 Å². The van der Waals surface area contributed by atoms with E-state index in [0.29, 0.717) is 5.56 Å². The second kappa shape index (κ2) is 5.02. The SMILES string of the molecule is CC(C)c1cc(C(=O)N2CC(O)C(F)C2)ccn1. The predicted octanol–water partition coefficient (Wildman–Crippen LogP) is 1.36. The zero-order chi connectivity index (χ0) is 13.3. The van der Waals surface area contributed by atoms with Crippen molar-refractivity contribution >= 4 is 5.91 Å². The fraction of sp³-hybridized carbons (Fsp3) is 0.538. The van der Waals surface area contributed by atoms with E-state index in [2.05, 4.69) is 4.98 Å². The Hall–Kier alpha value is -1.49. The van der Waals surface area contributed by atoms with Crippen LogP contribution in [0.3, 0.4) is 0 Å². The summed E-state index contributed by atoms with van der Waals surface area (Å²) in [7, 11) is 0. The van der Waals surface area contributed by atoms with Crippen LogP contribution in [0.5, 0.6) is 0 Å². The van der Waals surface area contributed by atoms with Crippen molar-refractivity contribution in [3.05, 3.63) is 29.6 Å². The maximum atomic E-state index is 13.2. The number of aromatic nitrogens is 1. The van der Waals surface area contributed by atoms with E-state index in [-0.39, 0.29) is 24.9 Å². The van der Waals surface area contributed by atoms with Gasteiger partial charge in [0, 0.05) is 24.0 Å². The predicted molar refractivity (Wildman–Crippen MR) is 65.1 cm³/mol. The summed E-state index contributed by atoms with van der Waals surface area (Å²) in [5, 5.41) is 9.33. The lowest BCUT2D eigenvalue weighted by molar-refractivity contribution is 0.0764. The Bertz CT molecular complexity index is 440. The van der Waals surface area contributed by atoms with Crippen molar-refractivity contribution in [2.75, 3.05) is 13.1 Å². The first kappa shape index (κ1) is 13.0. The Morgan fingerprint density at radius 1 is 1.56 bits per heavy atom. The van der Waals surface area contributed by atoms with Crippen LogP contribution in [-0.4, -0.2) is 46.3 Å². The molecule has 18 heavy (non-hydrogen) atoms. The van der Waals surface area contributed by atoms with E-state index in [9.17, 15) is 14.3 Å². The number of nitrogens with zero attached hydrogens (tertiary/aromatic N) is 2. The number of hydrogen-bond donors (Lipinski definition) is 1. The summed E-state index contributed by atoms with van der Waals surface area (Å²) in [5.41, 5.74) is 1.33. The zero-order valence-electron chi connectivity index (χ0n) is 10.5. The molecule has 1 amide bonds. The fourth-order valence-corrected chi connectivity index (χ4v) is 1.99. The second-order valence-corrected chi connectivity index (χ2v) is 4.92. The van der Waals surface area contributed by atoms with Crippen LogP contribution in [0.15, 0.2) is 18.3 Å². The van der Waals surface area contributed by atoms with Gasteiger partial charge in [-0.1, -0.05) is 13.8 Å². The van der Waals surface area contributed by atoms with Gasteiger partial charge in [0.2, 0.25) is 0 Å². The fourth-order valence-electron chi connectivity index (χ4n) is 1.99. The monoisotopic (exact) mass is 252 g/mol. The number of β-amino-alcohol motifs (C(OH)–C–C–N with tert-alkyl or cyclic N) is 1. The molecule has 0 radical (unpaired) electrons. The molecule has 1 N–H and O–H groups in total. The average molecular weight is 252 g/mol. The molecule has 2 atom stereocenters. The first-order valence-corrected chi connectivity index (χ1v) is 6.06. The molecule has 1 aliphatic rings. The highest BCUT2D eigenvalue weighted by Gasteiger charge is 2.34. The van der Waals surface area contributed by atoms with Gasteiger partial charge in [0.05, 0.1) is 6.54 Å². The first-order valence-electron chi connectivity index (χ1n) is 6.06. The Morgan fingerprint density at radius 3 is 2.83 bits per heavy atom. The molecule has 1 aromatic rings.